The molecule has 0 saturated carbocycles. The van der Waals surface area contributed by atoms with Crippen molar-refractivity contribution in [2.75, 3.05) is 6.54 Å². The third kappa shape index (κ3) is 2.78. The summed E-state index contributed by atoms with van der Waals surface area (Å²) in [5.41, 5.74) is 1.37. The molecule has 3 rings (SSSR count). The predicted octanol–water partition coefficient (Wildman–Crippen LogP) is 0.785. The lowest BCUT2D eigenvalue weighted by molar-refractivity contribution is 0.507. The molecule has 0 unspecified atom stereocenters. The number of hydrogen-bond acceptors (Lipinski definition) is 4. The maximum absolute atomic E-state index is 12.6. The molecule has 1 N–H and O–H groups in total. The average Bonchev–Trinajstić information content (AvgIpc) is 2.98. The molecule has 0 spiro atoms. The van der Waals surface area contributed by atoms with Gasteiger partial charge in [0.05, 0.1) is 6.33 Å². The van der Waals surface area contributed by atoms with E-state index in [0.717, 1.165) is 0 Å². The van der Waals surface area contributed by atoms with Crippen LogP contribution in [0.2, 0.25) is 0 Å². The molecule has 0 saturated heterocycles. The van der Waals surface area contributed by atoms with Crippen molar-refractivity contribution in [3.63, 3.8) is 0 Å². The molecule has 1 aromatic carbocycles. The molecule has 0 bridgehead atoms. The number of rotatable bonds is 5. The second-order valence-corrected chi connectivity index (χ2v) is 5.91. The quantitative estimate of drug-likeness (QED) is 0.752. The van der Waals surface area contributed by atoms with Gasteiger partial charge in [-0.3, -0.25) is 13.9 Å². The lowest BCUT2D eigenvalue weighted by Crippen LogP contribution is -2.41. The van der Waals surface area contributed by atoms with Gasteiger partial charge < -0.3 is 9.88 Å². The van der Waals surface area contributed by atoms with Crippen molar-refractivity contribution in [2.24, 2.45) is 14.1 Å². The van der Waals surface area contributed by atoms with E-state index in [-0.39, 0.29) is 17.3 Å². The van der Waals surface area contributed by atoms with Crippen molar-refractivity contribution >= 4 is 11.2 Å². The van der Waals surface area contributed by atoms with Gasteiger partial charge in [0.15, 0.2) is 11.2 Å². The van der Waals surface area contributed by atoms with E-state index < -0.39 is 0 Å². The van der Waals surface area contributed by atoms with E-state index in [4.69, 9.17) is 0 Å². The minimum atomic E-state index is -0.347. The summed E-state index contributed by atoms with van der Waals surface area (Å²) in [4.78, 5) is 29.1. The maximum atomic E-state index is 12.6. The lowest BCUT2D eigenvalue weighted by Gasteiger charge is -2.15. The van der Waals surface area contributed by atoms with Gasteiger partial charge in [0.1, 0.15) is 0 Å². The van der Waals surface area contributed by atoms with Crippen molar-refractivity contribution in [1.29, 1.82) is 0 Å². The molecule has 0 fully saturated rings. The van der Waals surface area contributed by atoms with Crippen LogP contribution in [0.1, 0.15) is 18.5 Å². The summed E-state index contributed by atoms with van der Waals surface area (Å²) >= 11 is 0. The molecule has 0 aliphatic carbocycles. The summed E-state index contributed by atoms with van der Waals surface area (Å²) in [6, 6.07) is 10.2. The van der Waals surface area contributed by atoms with E-state index >= 15 is 0 Å². The first-order valence-corrected chi connectivity index (χ1v) is 7.90. The Balaban J connectivity index is 1.82. The van der Waals surface area contributed by atoms with Gasteiger partial charge in [-0.25, -0.2) is 9.78 Å². The Hall–Kier alpha value is -2.67. The molecule has 0 aliphatic rings. The van der Waals surface area contributed by atoms with Gasteiger partial charge in [0.2, 0.25) is 0 Å². The van der Waals surface area contributed by atoms with Gasteiger partial charge in [-0.2, -0.15) is 0 Å². The van der Waals surface area contributed by atoms with E-state index in [0.29, 0.717) is 24.3 Å². The van der Waals surface area contributed by atoms with Crippen LogP contribution in [0.3, 0.4) is 0 Å². The minimum Gasteiger partial charge on any atom is -0.328 e. The van der Waals surface area contributed by atoms with E-state index in [1.54, 1.807) is 25.0 Å². The highest BCUT2D eigenvalue weighted by Crippen LogP contribution is 2.10. The van der Waals surface area contributed by atoms with Gasteiger partial charge in [0, 0.05) is 33.2 Å². The highest BCUT2D eigenvalue weighted by Gasteiger charge is 2.14. The molecular formula is C17H21N5O2. The number of nitrogens with zero attached hydrogens (tertiary/aromatic N) is 4. The van der Waals surface area contributed by atoms with E-state index in [9.17, 15) is 9.59 Å². The zero-order valence-electron chi connectivity index (χ0n) is 14.1. The van der Waals surface area contributed by atoms with Crippen LogP contribution >= 0.6 is 0 Å². The largest absolute Gasteiger partial charge is 0.332 e. The summed E-state index contributed by atoms with van der Waals surface area (Å²) in [6.07, 6.45) is 1.55. The normalized spacial score (nSPS) is 12.6. The highest BCUT2D eigenvalue weighted by atomic mass is 16.2. The predicted molar refractivity (Wildman–Crippen MR) is 93.1 cm³/mol. The first-order chi connectivity index (χ1) is 11.5. The summed E-state index contributed by atoms with van der Waals surface area (Å²) in [5.74, 6) is 0. The number of fused-ring (bicyclic) bond motifs is 1. The van der Waals surface area contributed by atoms with Crippen LogP contribution in [-0.2, 0) is 20.6 Å². The second-order valence-electron chi connectivity index (χ2n) is 5.91. The molecule has 24 heavy (non-hydrogen) atoms. The zero-order valence-corrected chi connectivity index (χ0v) is 14.1. The standard InChI is InChI=1S/C17H21N5O2/c1-12(13-7-5-4-6-8-13)18-9-10-22-16(23)14-15(19-11-20(14)2)21(3)17(22)24/h4-8,11-12,18H,9-10H2,1-3H3/t12-/m1/s1. The van der Waals surface area contributed by atoms with Crippen molar-refractivity contribution in [1.82, 2.24) is 24.0 Å². The third-order valence-corrected chi connectivity index (χ3v) is 4.29. The molecule has 7 heteroatoms. The summed E-state index contributed by atoms with van der Waals surface area (Å²) < 4.78 is 4.32. The Morgan fingerprint density at radius 1 is 1.17 bits per heavy atom. The lowest BCUT2D eigenvalue weighted by atomic mass is 10.1. The van der Waals surface area contributed by atoms with E-state index in [1.165, 1.54) is 14.7 Å². The van der Waals surface area contributed by atoms with Crippen LogP contribution in [0.5, 0.6) is 0 Å². The van der Waals surface area contributed by atoms with Crippen molar-refractivity contribution in [3.8, 4) is 0 Å². The average molecular weight is 327 g/mol. The first kappa shape index (κ1) is 16.2. The molecular weight excluding hydrogens is 306 g/mol. The summed E-state index contributed by atoms with van der Waals surface area (Å²) in [7, 11) is 3.38. The number of aryl methyl sites for hydroxylation is 2. The van der Waals surface area contributed by atoms with Crippen LogP contribution in [-0.4, -0.2) is 25.2 Å². The molecule has 2 heterocycles. The van der Waals surface area contributed by atoms with Gasteiger partial charge >= 0.3 is 5.69 Å². The Morgan fingerprint density at radius 2 is 1.88 bits per heavy atom. The van der Waals surface area contributed by atoms with E-state index in [2.05, 4.69) is 17.2 Å². The molecule has 0 aliphatic heterocycles. The van der Waals surface area contributed by atoms with Crippen LogP contribution in [0.25, 0.3) is 11.2 Å². The second kappa shape index (κ2) is 6.45. The fourth-order valence-electron chi connectivity index (χ4n) is 2.85. The first-order valence-electron chi connectivity index (χ1n) is 7.90. The van der Waals surface area contributed by atoms with Gasteiger partial charge in [-0.15, -0.1) is 0 Å². The Bertz CT molecular complexity index is 968. The SMILES string of the molecule is C[C@@H](NCCn1c(=O)c2c(ncn2C)n(C)c1=O)c1ccccc1. The number of hydrogen-bond donors (Lipinski definition) is 1. The number of aromatic nitrogens is 4. The molecule has 126 valence electrons. The molecule has 7 nitrogen and oxygen atoms in total. The van der Waals surface area contributed by atoms with Crippen LogP contribution < -0.4 is 16.6 Å². The fourth-order valence-corrected chi connectivity index (χ4v) is 2.85. The summed E-state index contributed by atoms with van der Waals surface area (Å²) in [6.45, 7) is 2.89. The Labute approximate surface area is 139 Å². The van der Waals surface area contributed by atoms with Gasteiger partial charge in [0.25, 0.3) is 5.56 Å². The van der Waals surface area contributed by atoms with Crippen molar-refractivity contribution in [3.05, 3.63) is 63.1 Å². The maximum Gasteiger partial charge on any atom is 0.332 e. The summed E-state index contributed by atoms with van der Waals surface area (Å²) in [5, 5.41) is 3.35. The number of imidazole rings is 1. The fraction of sp³-hybridized carbons (Fsp3) is 0.353. The molecule has 3 aromatic rings. The van der Waals surface area contributed by atoms with Crippen molar-refractivity contribution < 1.29 is 0 Å². The van der Waals surface area contributed by atoms with Crippen LogP contribution in [0.15, 0.2) is 46.2 Å². The Morgan fingerprint density at radius 3 is 2.58 bits per heavy atom. The van der Waals surface area contributed by atoms with Gasteiger partial charge in [-0.1, -0.05) is 30.3 Å². The monoisotopic (exact) mass is 327 g/mol. The topological polar surface area (TPSA) is 73.8 Å². The highest BCUT2D eigenvalue weighted by molar-refractivity contribution is 5.69. The smallest absolute Gasteiger partial charge is 0.328 e. The van der Waals surface area contributed by atoms with Crippen molar-refractivity contribution in [2.45, 2.75) is 19.5 Å². The molecule has 1 atom stereocenters. The van der Waals surface area contributed by atoms with Crippen LogP contribution in [0, 0.1) is 0 Å². The Kier molecular flexibility index (Phi) is 4.35. The van der Waals surface area contributed by atoms with Crippen LogP contribution in [0.4, 0.5) is 0 Å². The zero-order chi connectivity index (χ0) is 17.3. The number of nitrogens with one attached hydrogen (secondary N) is 1. The number of benzene rings is 1. The molecule has 0 amide bonds. The third-order valence-electron chi connectivity index (χ3n) is 4.29. The molecule has 0 radical (unpaired) electrons. The molecule has 2 aromatic heterocycles. The van der Waals surface area contributed by atoms with Gasteiger partial charge in [-0.05, 0) is 12.5 Å². The minimum absolute atomic E-state index is 0.145. The van der Waals surface area contributed by atoms with E-state index in [1.807, 2.05) is 30.3 Å².